The van der Waals surface area contributed by atoms with Crippen molar-refractivity contribution < 1.29 is 14.4 Å². The van der Waals surface area contributed by atoms with Crippen molar-refractivity contribution in [1.82, 2.24) is 14.7 Å². The van der Waals surface area contributed by atoms with Gasteiger partial charge in [-0.1, -0.05) is 24.3 Å². The third kappa shape index (κ3) is 4.90. The number of likely N-dealkylation sites (tertiary alicyclic amines) is 1. The molecule has 2 aromatic carbocycles. The Kier molecular flexibility index (Phi) is 7.52. The van der Waals surface area contributed by atoms with Gasteiger partial charge >= 0.3 is 6.03 Å². The SMILES string of the molecule is CCN(CC)C(=O)CN1CN(c2ccccc2)C2(CCN(C(=O)Nc3ccc(C)c(C)c3)CC2)C1=O. The molecule has 0 unspecified atom stereocenters. The number of carbonyl (C=O) groups excluding carboxylic acids is 3. The Hall–Kier alpha value is -3.55. The molecule has 2 heterocycles. The van der Waals surface area contributed by atoms with E-state index in [1.165, 1.54) is 5.56 Å². The van der Waals surface area contributed by atoms with Crippen molar-refractivity contribution in [2.75, 3.05) is 49.6 Å². The lowest BCUT2D eigenvalue weighted by Crippen LogP contribution is -2.58. The minimum Gasteiger partial charge on any atom is -0.342 e. The Morgan fingerprint density at radius 2 is 1.64 bits per heavy atom. The number of hydrogen-bond donors (Lipinski definition) is 1. The van der Waals surface area contributed by atoms with Crippen molar-refractivity contribution in [2.24, 2.45) is 0 Å². The molecule has 0 bridgehead atoms. The maximum Gasteiger partial charge on any atom is 0.321 e. The summed E-state index contributed by atoms with van der Waals surface area (Å²) in [4.78, 5) is 47.0. The van der Waals surface area contributed by atoms with E-state index in [9.17, 15) is 14.4 Å². The van der Waals surface area contributed by atoms with Crippen molar-refractivity contribution >= 4 is 29.2 Å². The second-order valence-electron chi connectivity index (χ2n) is 9.72. The molecule has 2 fully saturated rings. The van der Waals surface area contributed by atoms with Crippen LogP contribution in [0.5, 0.6) is 0 Å². The van der Waals surface area contributed by atoms with Gasteiger partial charge in [0.2, 0.25) is 5.91 Å². The monoisotopic (exact) mass is 491 g/mol. The van der Waals surface area contributed by atoms with Gasteiger partial charge in [0.1, 0.15) is 12.1 Å². The first-order chi connectivity index (χ1) is 17.3. The number of piperidine rings is 1. The lowest BCUT2D eigenvalue weighted by molar-refractivity contribution is -0.140. The quantitative estimate of drug-likeness (QED) is 0.666. The third-order valence-corrected chi connectivity index (χ3v) is 7.66. The Morgan fingerprint density at radius 1 is 0.972 bits per heavy atom. The van der Waals surface area contributed by atoms with Crippen LogP contribution in [0.15, 0.2) is 48.5 Å². The lowest BCUT2D eigenvalue weighted by Gasteiger charge is -2.43. The molecule has 2 aliphatic rings. The van der Waals surface area contributed by atoms with Gasteiger partial charge < -0.3 is 24.9 Å². The Balaban J connectivity index is 1.50. The third-order valence-electron chi connectivity index (χ3n) is 7.66. The van der Waals surface area contributed by atoms with Crippen LogP contribution in [0.4, 0.5) is 16.2 Å². The average Bonchev–Trinajstić information content (AvgIpc) is 3.14. The van der Waals surface area contributed by atoms with E-state index in [2.05, 4.69) is 10.2 Å². The Labute approximate surface area is 213 Å². The molecule has 0 radical (unpaired) electrons. The highest BCUT2D eigenvalue weighted by Crippen LogP contribution is 2.39. The summed E-state index contributed by atoms with van der Waals surface area (Å²) in [5.74, 6) is -0.0651. The first-order valence-electron chi connectivity index (χ1n) is 12.8. The molecule has 1 N–H and O–H groups in total. The maximum atomic E-state index is 13.8. The van der Waals surface area contributed by atoms with E-state index in [0.717, 1.165) is 16.9 Å². The van der Waals surface area contributed by atoms with Gasteiger partial charge in [0.05, 0.1) is 6.67 Å². The smallest absolute Gasteiger partial charge is 0.321 e. The summed E-state index contributed by atoms with van der Waals surface area (Å²) in [6, 6.07) is 15.6. The number of benzene rings is 2. The number of nitrogens with zero attached hydrogens (tertiary/aromatic N) is 4. The summed E-state index contributed by atoms with van der Waals surface area (Å²) >= 11 is 0. The van der Waals surface area contributed by atoms with Gasteiger partial charge in [-0.15, -0.1) is 0 Å². The molecule has 1 spiro atoms. The van der Waals surface area contributed by atoms with E-state index >= 15 is 0 Å². The van der Waals surface area contributed by atoms with Crippen LogP contribution in [-0.2, 0) is 9.59 Å². The van der Waals surface area contributed by atoms with E-state index in [-0.39, 0.29) is 24.4 Å². The van der Waals surface area contributed by atoms with Gasteiger partial charge in [0, 0.05) is 37.6 Å². The summed E-state index contributed by atoms with van der Waals surface area (Å²) in [7, 11) is 0. The molecule has 192 valence electrons. The summed E-state index contributed by atoms with van der Waals surface area (Å²) in [6.07, 6.45) is 1.02. The van der Waals surface area contributed by atoms with Crippen LogP contribution in [0, 0.1) is 13.8 Å². The molecule has 4 rings (SSSR count). The minimum atomic E-state index is -0.762. The molecule has 4 amide bonds. The first kappa shape index (κ1) is 25.5. The number of nitrogens with one attached hydrogen (secondary N) is 1. The fourth-order valence-electron chi connectivity index (χ4n) is 5.26. The number of rotatable bonds is 6. The van der Waals surface area contributed by atoms with E-state index in [4.69, 9.17) is 0 Å². The van der Waals surface area contributed by atoms with Crippen molar-refractivity contribution in [2.45, 2.75) is 46.1 Å². The molecular formula is C28H37N5O3. The van der Waals surface area contributed by atoms with Gasteiger partial charge in [0.15, 0.2) is 0 Å². The summed E-state index contributed by atoms with van der Waals surface area (Å²) < 4.78 is 0. The molecule has 2 aliphatic heterocycles. The second kappa shape index (κ2) is 10.6. The number of hydrogen-bond acceptors (Lipinski definition) is 4. The zero-order chi connectivity index (χ0) is 25.9. The van der Waals surface area contributed by atoms with E-state index < -0.39 is 5.54 Å². The summed E-state index contributed by atoms with van der Waals surface area (Å²) in [5, 5.41) is 3.00. The van der Waals surface area contributed by atoms with Crippen LogP contribution in [0.25, 0.3) is 0 Å². The molecular weight excluding hydrogens is 454 g/mol. The maximum absolute atomic E-state index is 13.8. The molecule has 8 nitrogen and oxygen atoms in total. The van der Waals surface area contributed by atoms with E-state index in [1.807, 2.05) is 76.2 Å². The molecule has 2 saturated heterocycles. The van der Waals surface area contributed by atoms with Crippen molar-refractivity contribution in [3.05, 3.63) is 59.7 Å². The number of amides is 4. The normalized spacial score (nSPS) is 17.0. The molecule has 8 heteroatoms. The fourth-order valence-corrected chi connectivity index (χ4v) is 5.26. The van der Waals surface area contributed by atoms with E-state index in [1.54, 1.807) is 14.7 Å². The highest BCUT2D eigenvalue weighted by Gasteiger charge is 2.54. The number of para-hydroxylation sites is 1. The predicted molar refractivity (Wildman–Crippen MR) is 142 cm³/mol. The zero-order valence-electron chi connectivity index (χ0n) is 21.8. The molecule has 0 atom stereocenters. The number of likely N-dealkylation sites (N-methyl/N-ethyl adjacent to an activating group) is 1. The van der Waals surface area contributed by atoms with Crippen LogP contribution in [0.1, 0.15) is 37.8 Å². The predicted octanol–water partition coefficient (Wildman–Crippen LogP) is 3.84. The van der Waals surface area contributed by atoms with Crippen LogP contribution < -0.4 is 10.2 Å². The highest BCUT2D eigenvalue weighted by atomic mass is 16.2. The second-order valence-corrected chi connectivity index (χ2v) is 9.72. The number of carbonyl (C=O) groups is 3. The van der Waals surface area contributed by atoms with Crippen LogP contribution in [0.2, 0.25) is 0 Å². The summed E-state index contributed by atoms with van der Waals surface area (Å²) in [6.45, 7) is 10.6. The molecule has 36 heavy (non-hydrogen) atoms. The Morgan fingerprint density at radius 3 is 2.25 bits per heavy atom. The number of anilines is 2. The lowest BCUT2D eigenvalue weighted by atomic mass is 9.85. The number of aryl methyl sites for hydroxylation is 2. The van der Waals surface area contributed by atoms with Crippen LogP contribution in [0.3, 0.4) is 0 Å². The topological polar surface area (TPSA) is 76.2 Å². The molecule has 2 aromatic rings. The van der Waals surface area contributed by atoms with E-state index in [0.29, 0.717) is 45.7 Å². The Bertz CT molecular complexity index is 1110. The van der Waals surface area contributed by atoms with Gasteiger partial charge in [-0.25, -0.2) is 4.79 Å². The van der Waals surface area contributed by atoms with Gasteiger partial charge in [-0.3, -0.25) is 9.59 Å². The molecule has 0 saturated carbocycles. The minimum absolute atomic E-state index is 0.0268. The molecule has 0 aliphatic carbocycles. The number of urea groups is 1. The van der Waals surface area contributed by atoms with Gasteiger partial charge in [-0.05, 0) is 75.9 Å². The summed E-state index contributed by atoms with van der Waals surface area (Å²) in [5.41, 5.74) is 3.27. The van der Waals surface area contributed by atoms with Crippen molar-refractivity contribution in [3.8, 4) is 0 Å². The van der Waals surface area contributed by atoms with Crippen molar-refractivity contribution in [3.63, 3.8) is 0 Å². The van der Waals surface area contributed by atoms with Crippen LogP contribution in [-0.4, -0.2) is 77.5 Å². The fraction of sp³-hybridized carbons (Fsp3) is 0.464. The van der Waals surface area contributed by atoms with Crippen LogP contribution >= 0.6 is 0 Å². The molecule has 0 aromatic heterocycles. The highest BCUT2D eigenvalue weighted by molar-refractivity contribution is 5.97. The van der Waals surface area contributed by atoms with Crippen molar-refractivity contribution in [1.29, 1.82) is 0 Å². The zero-order valence-corrected chi connectivity index (χ0v) is 21.8. The van der Waals surface area contributed by atoms with Gasteiger partial charge in [-0.2, -0.15) is 0 Å². The average molecular weight is 492 g/mol. The van der Waals surface area contributed by atoms with Gasteiger partial charge in [0.25, 0.3) is 5.91 Å². The largest absolute Gasteiger partial charge is 0.342 e. The first-order valence-corrected chi connectivity index (χ1v) is 12.8. The standard InChI is InChI=1S/C28H37N5O3/c1-5-30(6-2)25(34)19-32-20-33(24-10-8-7-9-11-24)28(26(32)35)14-16-31(17-15-28)27(36)29-23-13-12-21(3)22(4)18-23/h7-13,18H,5-6,14-17,19-20H2,1-4H3,(H,29,36).